The van der Waals surface area contributed by atoms with E-state index in [1.807, 2.05) is 6.92 Å². The number of carboxylic acids is 1. The van der Waals surface area contributed by atoms with Crippen LogP contribution in [0.2, 0.25) is 0 Å². The third-order valence-electron chi connectivity index (χ3n) is 13.5. The lowest BCUT2D eigenvalue weighted by Gasteiger charge is -2.71. The van der Waals surface area contributed by atoms with E-state index >= 15 is 0 Å². The number of hydrogen-bond acceptors (Lipinski definition) is 3. The molecule has 0 radical (unpaired) electrons. The molecule has 4 saturated carbocycles. The maximum Gasteiger partial charge on any atom is 0.310 e. The van der Waals surface area contributed by atoms with Crippen LogP contribution in [0.3, 0.4) is 0 Å². The smallest absolute Gasteiger partial charge is 0.310 e. The first-order valence-electron chi connectivity index (χ1n) is 13.9. The van der Waals surface area contributed by atoms with Crippen molar-refractivity contribution in [3.05, 3.63) is 11.6 Å². The third kappa shape index (κ3) is 2.71. The molecular formula is C30H48O4. The van der Waals surface area contributed by atoms with E-state index in [1.165, 1.54) is 5.57 Å². The molecular weight excluding hydrogens is 424 g/mol. The second kappa shape index (κ2) is 7.12. The maximum absolute atomic E-state index is 12.8. The van der Waals surface area contributed by atoms with Gasteiger partial charge in [-0.05, 0) is 104 Å². The summed E-state index contributed by atoms with van der Waals surface area (Å²) < 4.78 is 0. The fraction of sp³-hybridized carbons (Fsp3) is 0.900. The van der Waals surface area contributed by atoms with Crippen molar-refractivity contribution in [2.75, 3.05) is 0 Å². The zero-order valence-corrected chi connectivity index (χ0v) is 22.6. The average Bonchev–Trinajstić information content (AvgIpc) is 2.74. The number of aliphatic carboxylic acids is 1. The highest BCUT2D eigenvalue weighted by Crippen LogP contribution is 2.76. The minimum Gasteiger partial charge on any atom is -0.481 e. The Balaban J connectivity index is 1.64. The lowest BCUT2D eigenvalue weighted by Crippen LogP contribution is -2.67. The number of hydrogen-bond donors (Lipinski definition) is 3. The van der Waals surface area contributed by atoms with Crippen molar-refractivity contribution in [3.8, 4) is 0 Å². The summed E-state index contributed by atoms with van der Waals surface area (Å²) >= 11 is 0. The van der Waals surface area contributed by atoms with Gasteiger partial charge in [0.2, 0.25) is 0 Å². The monoisotopic (exact) mass is 472 g/mol. The van der Waals surface area contributed by atoms with E-state index in [0.29, 0.717) is 24.7 Å². The summed E-state index contributed by atoms with van der Waals surface area (Å²) in [5, 5.41) is 33.3. The summed E-state index contributed by atoms with van der Waals surface area (Å²) in [5.41, 5.74) is -0.532. The van der Waals surface area contributed by atoms with Crippen LogP contribution in [0.4, 0.5) is 0 Å². The van der Waals surface area contributed by atoms with Crippen molar-refractivity contribution in [2.45, 2.75) is 118 Å². The summed E-state index contributed by atoms with van der Waals surface area (Å²) in [6.45, 7) is 16.0. The van der Waals surface area contributed by atoms with Crippen LogP contribution in [-0.4, -0.2) is 33.0 Å². The minimum absolute atomic E-state index is 0.0716. The Hall–Kier alpha value is -0.870. The Labute approximate surface area is 206 Å². The molecule has 0 amide bonds. The van der Waals surface area contributed by atoms with Crippen molar-refractivity contribution >= 4 is 5.97 Å². The van der Waals surface area contributed by atoms with Crippen LogP contribution >= 0.6 is 0 Å². The van der Waals surface area contributed by atoms with Gasteiger partial charge in [0.25, 0.3) is 0 Å². The number of carboxylic acid groups (broad SMARTS) is 1. The molecule has 0 heterocycles. The highest BCUT2D eigenvalue weighted by Gasteiger charge is 2.71. The van der Waals surface area contributed by atoms with Crippen LogP contribution in [0, 0.1) is 50.7 Å². The van der Waals surface area contributed by atoms with E-state index in [-0.39, 0.29) is 39.6 Å². The minimum atomic E-state index is -1.01. The molecule has 0 bridgehead atoms. The lowest BCUT2D eigenvalue weighted by molar-refractivity contribution is -0.217. The van der Waals surface area contributed by atoms with Gasteiger partial charge in [0.05, 0.1) is 17.1 Å². The Morgan fingerprint density at radius 1 is 0.912 bits per heavy atom. The Kier molecular flexibility index (Phi) is 5.20. The summed E-state index contributed by atoms with van der Waals surface area (Å²) in [5.74, 6) is 0.0848. The van der Waals surface area contributed by atoms with Gasteiger partial charge >= 0.3 is 5.97 Å². The highest BCUT2D eigenvalue weighted by molar-refractivity contribution is 5.77. The van der Waals surface area contributed by atoms with Gasteiger partial charge in [-0.15, -0.1) is 0 Å². The van der Waals surface area contributed by atoms with Crippen LogP contribution in [0.1, 0.15) is 106 Å². The molecule has 0 aromatic rings. The fourth-order valence-corrected chi connectivity index (χ4v) is 10.8. The van der Waals surface area contributed by atoms with Crippen LogP contribution in [0.25, 0.3) is 0 Å². The predicted octanol–water partition coefficient (Wildman–Crippen LogP) is 6.20. The highest BCUT2D eigenvalue weighted by atomic mass is 16.4. The molecule has 0 saturated heterocycles. The molecule has 34 heavy (non-hydrogen) atoms. The molecule has 10 atom stereocenters. The molecule has 0 aromatic heterocycles. The molecule has 5 aliphatic carbocycles. The lowest BCUT2D eigenvalue weighted by atomic mass is 9.33. The van der Waals surface area contributed by atoms with E-state index < -0.39 is 17.0 Å². The molecule has 5 rings (SSSR count). The Morgan fingerprint density at radius 3 is 2.24 bits per heavy atom. The van der Waals surface area contributed by atoms with E-state index in [4.69, 9.17) is 0 Å². The second-order valence-corrected chi connectivity index (χ2v) is 14.7. The van der Waals surface area contributed by atoms with Crippen molar-refractivity contribution in [1.82, 2.24) is 0 Å². The zero-order valence-electron chi connectivity index (χ0n) is 22.6. The summed E-state index contributed by atoms with van der Waals surface area (Å²) in [6, 6.07) is 0. The van der Waals surface area contributed by atoms with Crippen molar-refractivity contribution in [3.63, 3.8) is 0 Å². The number of fused-ring (bicyclic) bond motifs is 7. The molecule has 5 aliphatic rings. The van der Waals surface area contributed by atoms with Crippen molar-refractivity contribution in [1.29, 1.82) is 0 Å². The summed E-state index contributed by atoms with van der Waals surface area (Å²) in [4.78, 5) is 12.8. The number of allylic oxidation sites excluding steroid dienone is 1. The zero-order chi connectivity index (χ0) is 25.1. The van der Waals surface area contributed by atoms with Crippen LogP contribution in [0.15, 0.2) is 11.6 Å². The molecule has 3 unspecified atom stereocenters. The molecule has 4 heteroatoms. The molecule has 4 nitrogen and oxygen atoms in total. The van der Waals surface area contributed by atoms with Gasteiger partial charge in [-0.3, -0.25) is 4.79 Å². The standard InChI is InChI=1S/C30H48O4/c1-18-10-15-30(24(32)33)17-16-27(5)19(23(30)29(18,7)34)8-9-21-26(4)13-12-22(31)25(2,3)20(26)11-14-28(21,27)6/h8,18,20-23,31,34H,9-17H2,1-7H3,(H,32,33)/t18-,20?,21?,22-,23?,26+,27-,28-,29-,30+/m1/s1. The summed E-state index contributed by atoms with van der Waals surface area (Å²) in [7, 11) is 0. The number of rotatable bonds is 1. The largest absolute Gasteiger partial charge is 0.481 e. The van der Waals surface area contributed by atoms with Gasteiger partial charge in [-0.1, -0.05) is 53.2 Å². The first kappa shape index (κ1) is 24.8. The number of carbonyl (C=O) groups is 1. The Bertz CT molecular complexity index is 919. The van der Waals surface area contributed by atoms with E-state index in [2.05, 4.69) is 47.6 Å². The van der Waals surface area contributed by atoms with Crippen molar-refractivity contribution in [2.24, 2.45) is 50.7 Å². The molecule has 0 aromatic carbocycles. The first-order valence-corrected chi connectivity index (χ1v) is 13.9. The first-order chi connectivity index (χ1) is 15.6. The molecule has 0 spiro atoms. The van der Waals surface area contributed by atoms with E-state index in [0.717, 1.165) is 44.9 Å². The van der Waals surface area contributed by atoms with Gasteiger partial charge < -0.3 is 15.3 Å². The van der Waals surface area contributed by atoms with Gasteiger partial charge in [0.1, 0.15) is 0 Å². The van der Waals surface area contributed by atoms with E-state index in [1.54, 1.807) is 0 Å². The van der Waals surface area contributed by atoms with Gasteiger partial charge in [0.15, 0.2) is 0 Å². The topological polar surface area (TPSA) is 77.8 Å². The summed E-state index contributed by atoms with van der Waals surface area (Å²) in [6.07, 6.45) is 10.3. The van der Waals surface area contributed by atoms with Gasteiger partial charge in [0, 0.05) is 5.92 Å². The average molecular weight is 473 g/mol. The van der Waals surface area contributed by atoms with Crippen LogP contribution < -0.4 is 0 Å². The maximum atomic E-state index is 12.8. The number of aliphatic hydroxyl groups is 2. The van der Waals surface area contributed by atoms with Crippen LogP contribution in [0.5, 0.6) is 0 Å². The normalized spacial score (nSPS) is 56.3. The molecule has 3 N–H and O–H groups in total. The second-order valence-electron chi connectivity index (χ2n) is 14.7. The molecule has 192 valence electrons. The third-order valence-corrected chi connectivity index (χ3v) is 13.5. The van der Waals surface area contributed by atoms with Gasteiger partial charge in [-0.25, -0.2) is 0 Å². The molecule has 4 fully saturated rings. The predicted molar refractivity (Wildman–Crippen MR) is 134 cm³/mol. The quantitative estimate of drug-likeness (QED) is 0.397. The van der Waals surface area contributed by atoms with Crippen molar-refractivity contribution < 1.29 is 20.1 Å². The van der Waals surface area contributed by atoms with E-state index in [9.17, 15) is 20.1 Å². The number of aliphatic hydroxyl groups excluding tert-OH is 1. The Morgan fingerprint density at radius 2 is 1.59 bits per heavy atom. The van der Waals surface area contributed by atoms with Crippen LogP contribution in [-0.2, 0) is 4.79 Å². The fourth-order valence-electron chi connectivity index (χ4n) is 10.8. The van der Waals surface area contributed by atoms with Gasteiger partial charge in [-0.2, -0.15) is 0 Å². The molecule has 0 aliphatic heterocycles. The SMILES string of the molecule is C[C@@H]1CC[C@]2(C(=O)O)CC[C@]3(C)C(=CCC4[C@@]5(C)CC[C@@H](O)C(C)(C)C5CC[C@]43C)C2[C@]1(C)O.